The van der Waals surface area contributed by atoms with Crippen LogP contribution in [0.1, 0.15) is 68.3 Å². The van der Waals surface area contributed by atoms with Gasteiger partial charge in [0, 0.05) is 24.2 Å². The third-order valence-corrected chi connectivity index (χ3v) is 9.38. The molecule has 154 valence electrons. The van der Waals surface area contributed by atoms with Crippen molar-refractivity contribution >= 4 is 15.9 Å². The Balaban J connectivity index is 1.59. The van der Waals surface area contributed by atoms with Gasteiger partial charge < -0.3 is 5.32 Å². The van der Waals surface area contributed by atoms with Crippen molar-refractivity contribution in [1.29, 1.82) is 0 Å². The summed E-state index contributed by atoms with van der Waals surface area (Å²) in [6.07, 6.45) is 7.23. The molecule has 4 aliphatic carbocycles. The summed E-state index contributed by atoms with van der Waals surface area (Å²) in [5.41, 5.74) is 1.06. The van der Waals surface area contributed by atoms with Crippen molar-refractivity contribution in [3.8, 4) is 0 Å². The minimum absolute atomic E-state index is 0.0748. The van der Waals surface area contributed by atoms with Crippen molar-refractivity contribution in [3.63, 3.8) is 0 Å². The van der Waals surface area contributed by atoms with E-state index < -0.39 is 10.0 Å². The Bertz CT molecular complexity index is 838. The lowest BCUT2D eigenvalue weighted by Crippen LogP contribution is -2.59. The van der Waals surface area contributed by atoms with Gasteiger partial charge in [-0.1, -0.05) is 19.9 Å². The smallest absolute Gasteiger partial charge is 0.251 e. The predicted octanol–water partition coefficient (Wildman–Crippen LogP) is 3.72. The predicted molar refractivity (Wildman–Crippen MR) is 110 cm³/mol. The van der Waals surface area contributed by atoms with E-state index in [1.807, 2.05) is 13.8 Å². The van der Waals surface area contributed by atoms with Gasteiger partial charge in [-0.15, -0.1) is 0 Å². The summed E-state index contributed by atoms with van der Waals surface area (Å²) in [6, 6.07) is 5.08. The fourth-order valence-electron chi connectivity index (χ4n) is 6.30. The van der Waals surface area contributed by atoms with Crippen LogP contribution in [0.3, 0.4) is 0 Å². The Morgan fingerprint density at radius 1 is 1.07 bits per heavy atom. The highest BCUT2D eigenvalue weighted by Gasteiger charge is 2.51. The Morgan fingerprint density at radius 2 is 1.61 bits per heavy atom. The van der Waals surface area contributed by atoms with Crippen molar-refractivity contribution in [3.05, 3.63) is 29.3 Å². The number of hydrogen-bond donors (Lipinski definition) is 1. The second kappa shape index (κ2) is 7.13. The van der Waals surface area contributed by atoms with E-state index >= 15 is 0 Å². The Kier molecular flexibility index (Phi) is 5.07. The maximum absolute atomic E-state index is 13.1. The minimum Gasteiger partial charge on any atom is -0.347 e. The summed E-state index contributed by atoms with van der Waals surface area (Å²) in [5.74, 6) is 2.13. The lowest BCUT2D eigenvalue weighted by molar-refractivity contribution is -0.0167. The minimum atomic E-state index is -3.59. The molecule has 5 nitrogen and oxygen atoms in total. The highest BCUT2D eigenvalue weighted by molar-refractivity contribution is 7.89. The molecule has 0 radical (unpaired) electrons. The average Bonchev–Trinajstić information content (AvgIpc) is 2.61. The molecule has 1 amide bonds. The number of carbonyl (C=O) groups is 1. The van der Waals surface area contributed by atoms with Gasteiger partial charge in [-0.25, -0.2) is 8.42 Å². The number of nitrogens with zero attached hydrogens (tertiary/aromatic N) is 1. The van der Waals surface area contributed by atoms with Crippen LogP contribution in [-0.2, 0) is 10.0 Å². The van der Waals surface area contributed by atoms with Gasteiger partial charge >= 0.3 is 0 Å². The first-order chi connectivity index (χ1) is 13.3. The molecule has 0 aromatic heterocycles. The molecule has 4 fully saturated rings. The number of benzene rings is 1. The third kappa shape index (κ3) is 3.39. The van der Waals surface area contributed by atoms with Gasteiger partial charge in [-0.05, 0) is 80.9 Å². The largest absolute Gasteiger partial charge is 0.347 e. The Labute approximate surface area is 168 Å². The molecule has 6 heteroatoms. The molecule has 1 aromatic carbocycles. The number of amides is 1. The molecular formula is C22H32N2O3S. The molecule has 4 saturated carbocycles. The molecule has 0 aliphatic heterocycles. The summed E-state index contributed by atoms with van der Waals surface area (Å²) in [6.45, 7) is 6.29. The van der Waals surface area contributed by atoms with Gasteiger partial charge in [0.2, 0.25) is 10.0 Å². The van der Waals surface area contributed by atoms with Crippen molar-refractivity contribution in [2.75, 3.05) is 13.1 Å². The standard InChI is InChI=1S/C22H32N2O3S/c1-4-24(5-2)28(26,27)20-11-19(7-6-15(20)3)21(25)23-22-12-16-8-17(13-22)10-18(9-16)14-22/h6-7,11,16-18H,4-5,8-10,12-14H2,1-3H3,(H,23,25). The van der Waals surface area contributed by atoms with E-state index in [1.165, 1.54) is 23.6 Å². The van der Waals surface area contributed by atoms with Crippen LogP contribution >= 0.6 is 0 Å². The maximum atomic E-state index is 13.1. The number of sulfonamides is 1. The fraction of sp³-hybridized carbons (Fsp3) is 0.682. The second-order valence-electron chi connectivity index (χ2n) is 9.22. The van der Waals surface area contributed by atoms with Crippen LogP contribution in [0, 0.1) is 24.7 Å². The lowest BCUT2D eigenvalue weighted by atomic mass is 9.53. The van der Waals surface area contributed by atoms with E-state index in [0.29, 0.717) is 24.2 Å². The average molecular weight is 405 g/mol. The second-order valence-corrected chi connectivity index (χ2v) is 11.1. The quantitative estimate of drug-likeness (QED) is 0.786. The summed E-state index contributed by atoms with van der Waals surface area (Å²) >= 11 is 0. The molecule has 0 unspecified atom stereocenters. The van der Waals surface area contributed by atoms with Crippen molar-refractivity contribution in [2.24, 2.45) is 17.8 Å². The summed E-state index contributed by atoms with van der Waals surface area (Å²) in [7, 11) is -3.59. The van der Waals surface area contributed by atoms with Gasteiger partial charge in [0.05, 0.1) is 4.90 Å². The summed E-state index contributed by atoms with van der Waals surface area (Å²) in [5, 5.41) is 3.35. The summed E-state index contributed by atoms with van der Waals surface area (Å²) < 4.78 is 27.4. The Hall–Kier alpha value is -1.40. The van der Waals surface area contributed by atoms with Crippen LogP contribution in [0.25, 0.3) is 0 Å². The van der Waals surface area contributed by atoms with Gasteiger partial charge in [0.25, 0.3) is 5.91 Å². The van der Waals surface area contributed by atoms with Crippen LogP contribution < -0.4 is 5.32 Å². The first-order valence-electron chi connectivity index (χ1n) is 10.7. The molecular weight excluding hydrogens is 372 g/mol. The van der Waals surface area contributed by atoms with Crippen LogP contribution in [0.15, 0.2) is 23.1 Å². The van der Waals surface area contributed by atoms with E-state index in [0.717, 1.165) is 37.0 Å². The summed E-state index contributed by atoms with van der Waals surface area (Å²) in [4.78, 5) is 13.4. The molecule has 1 N–H and O–H groups in total. The zero-order valence-corrected chi connectivity index (χ0v) is 18.0. The van der Waals surface area contributed by atoms with Crippen molar-refractivity contribution in [2.45, 2.75) is 69.7 Å². The first kappa shape index (κ1) is 19.9. The van der Waals surface area contributed by atoms with Gasteiger partial charge in [-0.3, -0.25) is 4.79 Å². The van der Waals surface area contributed by atoms with Crippen LogP contribution in [0.5, 0.6) is 0 Å². The first-order valence-corrected chi connectivity index (χ1v) is 12.1. The number of nitrogens with one attached hydrogen (secondary N) is 1. The topological polar surface area (TPSA) is 66.5 Å². The molecule has 0 saturated heterocycles. The third-order valence-electron chi connectivity index (χ3n) is 7.19. The number of aryl methyl sites for hydroxylation is 1. The lowest BCUT2D eigenvalue weighted by Gasteiger charge is -2.56. The number of hydrogen-bond acceptors (Lipinski definition) is 3. The SMILES string of the molecule is CCN(CC)S(=O)(=O)c1cc(C(=O)NC23CC4CC(CC(C4)C2)C3)ccc1C. The van der Waals surface area contributed by atoms with Crippen molar-refractivity contribution in [1.82, 2.24) is 9.62 Å². The van der Waals surface area contributed by atoms with E-state index in [4.69, 9.17) is 0 Å². The van der Waals surface area contributed by atoms with E-state index in [-0.39, 0.29) is 16.3 Å². The van der Waals surface area contributed by atoms with Gasteiger partial charge in [0.15, 0.2) is 0 Å². The van der Waals surface area contributed by atoms with E-state index in [9.17, 15) is 13.2 Å². The molecule has 1 aromatic rings. The zero-order chi connectivity index (χ0) is 20.1. The Morgan fingerprint density at radius 3 is 2.11 bits per heavy atom. The zero-order valence-electron chi connectivity index (χ0n) is 17.2. The monoisotopic (exact) mass is 404 g/mol. The van der Waals surface area contributed by atoms with Crippen LogP contribution in [0.2, 0.25) is 0 Å². The molecule has 0 spiro atoms. The van der Waals surface area contributed by atoms with Crippen molar-refractivity contribution < 1.29 is 13.2 Å². The van der Waals surface area contributed by atoms with Gasteiger partial charge in [-0.2, -0.15) is 4.31 Å². The number of carbonyl (C=O) groups excluding carboxylic acids is 1. The normalized spacial score (nSPS) is 31.4. The van der Waals surface area contributed by atoms with E-state index in [1.54, 1.807) is 25.1 Å². The molecule has 0 atom stereocenters. The molecule has 5 rings (SSSR count). The molecule has 4 bridgehead atoms. The molecule has 4 aliphatic rings. The van der Waals surface area contributed by atoms with E-state index in [2.05, 4.69) is 5.32 Å². The fourth-order valence-corrected chi connectivity index (χ4v) is 8.01. The van der Waals surface area contributed by atoms with Gasteiger partial charge in [0.1, 0.15) is 0 Å². The maximum Gasteiger partial charge on any atom is 0.251 e. The molecule has 0 heterocycles. The van der Waals surface area contributed by atoms with Crippen LogP contribution in [0.4, 0.5) is 0 Å². The molecule has 28 heavy (non-hydrogen) atoms. The highest BCUT2D eigenvalue weighted by Crippen LogP contribution is 2.55. The highest BCUT2D eigenvalue weighted by atomic mass is 32.2. The number of rotatable bonds is 6. The van der Waals surface area contributed by atoms with Crippen LogP contribution in [-0.4, -0.2) is 37.3 Å².